The fraction of sp³-hybridized carbons (Fsp3) is 0.318. The molecule has 3 heteroatoms. The second-order valence-electron chi connectivity index (χ2n) is 6.73. The van der Waals surface area contributed by atoms with Gasteiger partial charge in [0, 0.05) is 24.4 Å². The molecule has 0 spiro atoms. The van der Waals surface area contributed by atoms with Gasteiger partial charge in [0.1, 0.15) is 0 Å². The van der Waals surface area contributed by atoms with Gasteiger partial charge in [-0.15, -0.1) is 11.8 Å². The standard InChI is InChI=1S/C22H26N2S/c1-17(2)21-14-20(15-22(23-21)25-3)24(19-12-8-5-9-13-19)16-18-10-6-4-7-11-18/h4-13,15,17,21H,14,16H2,1-3H3/t21-/m1/s1. The van der Waals surface area contributed by atoms with E-state index in [1.165, 1.54) is 16.9 Å². The van der Waals surface area contributed by atoms with Gasteiger partial charge in [-0.05, 0) is 35.9 Å². The van der Waals surface area contributed by atoms with Crippen molar-refractivity contribution in [2.24, 2.45) is 10.9 Å². The summed E-state index contributed by atoms with van der Waals surface area (Å²) in [7, 11) is 0. The highest BCUT2D eigenvalue weighted by atomic mass is 32.2. The molecule has 25 heavy (non-hydrogen) atoms. The highest BCUT2D eigenvalue weighted by Gasteiger charge is 2.23. The largest absolute Gasteiger partial charge is 0.341 e. The number of thioether (sulfide) groups is 1. The molecule has 1 atom stereocenters. The van der Waals surface area contributed by atoms with Crippen LogP contribution in [0.3, 0.4) is 0 Å². The summed E-state index contributed by atoms with van der Waals surface area (Å²) in [6.07, 6.45) is 5.36. The number of hydrogen-bond donors (Lipinski definition) is 0. The zero-order chi connectivity index (χ0) is 17.6. The van der Waals surface area contributed by atoms with Crippen LogP contribution < -0.4 is 4.90 Å². The van der Waals surface area contributed by atoms with Gasteiger partial charge >= 0.3 is 0 Å². The van der Waals surface area contributed by atoms with Crippen molar-refractivity contribution in [2.45, 2.75) is 32.9 Å². The summed E-state index contributed by atoms with van der Waals surface area (Å²) in [6, 6.07) is 21.7. The molecule has 0 saturated heterocycles. The summed E-state index contributed by atoms with van der Waals surface area (Å²) in [5.41, 5.74) is 3.91. The zero-order valence-corrected chi connectivity index (χ0v) is 16.0. The van der Waals surface area contributed by atoms with Crippen LogP contribution in [0.4, 0.5) is 5.69 Å². The highest BCUT2D eigenvalue weighted by molar-refractivity contribution is 8.13. The molecule has 1 aliphatic rings. The fourth-order valence-corrected chi connectivity index (χ4v) is 3.57. The van der Waals surface area contributed by atoms with Gasteiger partial charge in [0.25, 0.3) is 0 Å². The molecule has 0 amide bonds. The molecule has 0 saturated carbocycles. The number of anilines is 1. The molecule has 1 heterocycles. The van der Waals surface area contributed by atoms with Crippen LogP contribution >= 0.6 is 11.8 Å². The molecule has 0 bridgehead atoms. The first kappa shape index (κ1) is 17.8. The molecule has 0 radical (unpaired) electrons. The molecule has 130 valence electrons. The van der Waals surface area contributed by atoms with Crippen LogP contribution in [0.2, 0.25) is 0 Å². The van der Waals surface area contributed by atoms with Gasteiger partial charge < -0.3 is 4.90 Å². The summed E-state index contributed by atoms with van der Waals surface area (Å²) in [4.78, 5) is 7.35. The monoisotopic (exact) mass is 350 g/mol. The van der Waals surface area contributed by atoms with Crippen molar-refractivity contribution in [3.63, 3.8) is 0 Å². The lowest BCUT2D eigenvalue weighted by atomic mass is 9.97. The van der Waals surface area contributed by atoms with E-state index in [1.54, 1.807) is 11.8 Å². The van der Waals surface area contributed by atoms with Gasteiger partial charge in [0.05, 0.1) is 11.1 Å². The Hall–Kier alpha value is -2.00. The Labute approximate surface area is 155 Å². The van der Waals surface area contributed by atoms with Gasteiger partial charge in [0.2, 0.25) is 0 Å². The molecule has 0 aliphatic carbocycles. The Balaban J connectivity index is 1.96. The normalized spacial score (nSPS) is 17.2. The Kier molecular flexibility index (Phi) is 5.98. The summed E-state index contributed by atoms with van der Waals surface area (Å²) >= 11 is 1.74. The molecular formula is C22H26N2S. The number of dihydropyridines is 1. The van der Waals surface area contributed by atoms with Crippen molar-refractivity contribution in [3.8, 4) is 0 Å². The van der Waals surface area contributed by atoms with Crippen LogP contribution in [-0.2, 0) is 6.54 Å². The average molecular weight is 351 g/mol. The van der Waals surface area contributed by atoms with Crippen molar-refractivity contribution >= 4 is 22.5 Å². The number of rotatable bonds is 5. The first-order chi connectivity index (χ1) is 12.2. The third-order valence-corrected chi connectivity index (χ3v) is 5.22. The second kappa shape index (κ2) is 8.39. The first-order valence-corrected chi connectivity index (χ1v) is 10.1. The van der Waals surface area contributed by atoms with Crippen LogP contribution in [0.1, 0.15) is 25.8 Å². The van der Waals surface area contributed by atoms with E-state index in [2.05, 4.69) is 91.7 Å². The van der Waals surface area contributed by atoms with Crippen molar-refractivity contribution in [1.29, 1.82) is 0 Å². The minimum absolute atomic E-state index is 0.351. The molecule has 0 N–H and O–H groups in total. The third kappa shape index (κ3) is 4.55. The summed E-state index contributed by atoms with van der Waals surface area (Å²) < 4.78 is 0. The lowest BCUT2D eigenvalue weighted by molar-refractivity contribution is 0.484. The summed E-state index contributed by atoms with van der Waals surface area (Å²) in [6.45, 7) is 5.40. The molecule has 2 aromatic carbocycles. The van der Waals surface area contributed by atoms with Crippen LogP contribution in [0.15, 0.2) is 77.4 Å². The number of hydrogen-bond acceptors (Lipinski definition) is 3. The highest BCUT2D eigenvalue weighted by Crippen LogP contribution is 2.30. The van der Waals surface area contributed by atoms with Crippen molar-refractivity contribution in [2.75, 3.05) is 11.2 Å². The molecule has 1 aliphatic heterocycles. The second-order valence-corrected chi connectivity index (χ2v) is 7.56. The number of benzene rings is 2. The van der Waals surface area contributed by atoms with Gasteiger partial charge in [0.15, 0.2) is 0 Å². The van der Waals surface area contributed by atoms with E-state index in [-0.39, 0.29) is 0 Å². The number of aliphatic imine (C=N–C) groups is 1. The minimum Gasteiger partial charge on any atom is -0.341 e. The maximum Gasteiger partial charge on any atom is 0.0922 e. The number of nitrogens with zero attached hydrogens (tertiary/aromatic N) is 2. The van der Waals surface area contributed by atoms with Gasteiger partial charge in [-0.25, -0.2) is 0 Å². The first-order valence-electron chi connectivity index (χ1n) is 8.86. The quantitative estimate of drug-likeness (QED) is 0.680. The predicted octanol–water partition coefficient (Wildman–Crippen LogP) is 5.77. The molecule has 3 rings (SSSR count). The lowest BCUT2D eigenvalue weighted by Crippen LogP contribution is -2.29. The maximum absolute atomic E-state index is 4.91. The van der Waals surface area contributed by atoms with Gasteiger partial charge in [-0.1, -0.05) is 62.4 Å². The molecule has 0 aromatic heterocycles. The molecular weight excluding hydrogens is 324 g/mol. The molecule has 2 aromatic rings. The fourth-order valence-electron chi connectivity index (χ4n) is 3.08. The lowest BCUT2D eigenvalue weighted by Gasteiger charge is -2.33. The van der Waals surface area contributed by atoms with Crippen molar-refractivity contribution in [3.05, 3.63) is 78.0 Å². The van der Waals surface area contributed by atoms with Crippen molar-refractivity contribution in [1.82, 2.24) is 0 Å². The zero-order valence-electron chi connectivity index (χ0n) is 15.2. The van der Waals surface area contributed by atoms with E-state index < -0.39 is 0 Å². The van der Waals surface area contributed by atoms with E-state index in [9.17, 15) is 0 Å². The molecule has 0 unspecified atom stereocenters. The Bertz CT molecular complexity index is 735. The van der Waals surface area contributed by atoms with E-state index in [4.69, 9.17) is 4.99 Å². The van der Waals surface area contributed by atoms with Crippen molar-refractivity contribution < 1.29 is 0 Å². The van der Waals surface area contributed by atoms with E-state index in [0.29, 0.717) is 12.0 Å². The van der Waals surface area contributed by atoms with E-state index >= 15 is 0 Å². The predicted molar refractivity (Wildman–Crippen MR) is 111 cm³/mol. The Morgan fingerprint density at radius 1 is 1.04 bits per heavy atom. The van der Waals surface area contributed by atoms with Crippen LogP contribution in [0.25, 0.3) is 0 Å². The molecule has 0 fully saturated rings. The number of para-hydroxylation sites is 1. The van der Waals surface area contributed by atoms with Crippen LogP contribution in [0, 0.1) is 5.92 Å². The molecule has 2 nitrogen and oxygen atoms in total. The van der Waals surface area contributed by atoms with Gasteiger partial charge in [-0.3, -0.25) is 4.99 Å². The van der Waals surface area contributed by atoms with Gasteiger partial charge in [-0.2, -0.15) is 0 Å². The van der Waals surface area contributed by atoms with E-state index in [1.807, 2.05) is 0 Å². The van der Waals surface area contributed by atoms with E-state index in [0.717, 1.165) is 18.0 Å². The third-order valence-electron chi connectivity index (χ3n) is 4.58. The Morgan fingerprint density at radius 2 is 1.68 bits per heavy atom. The topological polar surface area (TPSA) is 15.6 Å². The summed E-state index contributed by atoms with van der Waals surface area (Å²) in [5.74, 6) is 0.542. The minimum atomic E-state index is 0.351. The smallest absolute Gasteiger partial charge is 0.0922 e. The van der Waals surface area contributed by atoms with Crippen LogP contribution in [0.5, 0.6) is 0 Å². The SMILES string of the molecule is CSC1=N[C@@H](C(C)C)CC(N(Cc2ccccc2)c2ccccc2)=C1. The Morgan fingerprint density at radius 3 is 2.28 bits per heavy atom. The maximum atomic E-state index is 4.91. The van der Waals surface area contributed by atoms with Crippen LogP contribution in [-0.4, -0.2) is 17.3 Å². The summed E-state index contributed by atoms with van der Waals surface area (Å²) in [5, 5.41) is 1.13. The average Bonchev–Trinajstić information content (AvgIpc) is 2.67.